The average molecular weight is 987 g/mol. The Morgan fingerprint density at radius 1 is 0.725 bits per heavy atom. The maximum absolute atomic E-state index is 13.4. The van der Waals surface area contributed by atoms with E-state index in [4.69, 9.17) is 24.7 Å². The number of allylic oxidation sites excluding steroid dienone is 12. The van der Waals surface area contributed by atoms with Gasteiger partial charge in [0.25, 0.3) is 6.43 Å². The zero-order valence-corrected chi connectivity index (χ0v) is 39.7. The van der Waals surface area contributed by atoms with Crippen molar-refractivity contribution in [3.63, 3.8) is 0 Å². The van der Waals surface area contributed by atoms with Crippen molar-refractivity contribution in [1.29, 1.82) is 0 Å². The number of carbonyl (C=O) groups excluding carboxylic acids is 2. The van der Waals surface area contributed by atoms with Gasteiger partial charge in [0.2, 0.25) is 5.91 Å². The van der Waals surface area contributed by atoms with E-state index in [1.54, 1.807) is 86.8 Å². The number of aliphatic hydroxyl groups excluding tert-OH is 9. The molecule has 3 rings (SSSR count). The van der Waals surface area contributed by atoms with E-state index in [2.05, 4.69) is 5.32 Å². The van der Waals surface area contributed by atoms with E-state index in [9.17, 15) is 69.4 Å². The van der Waals surface area contributed by atoms with Gasteiger partial charge in [-0.25, -0.2) is 8.78 Å². The summed E-state index contributed by atoms with van der Waals surface area (Å²) in [6.45, 7) is 5.62. The molecule has 3 aliphatic heterocycles. The number of hydrogen-bond acceptors (Lipinski definition) is 17. The van der Waals surface area contributed by atoms with Crippen LogP contribution in [-0.4, -0.2) is 173 Å². The number of ether oxygens (including phenoxy) is 4. The quantitative estimate of drug-likeness (QED) is 0.171. The van der Waals surface area contributed by atoms with Crippen LogP contribution in [0.15, 0.2) is 85.1 Å². The first-order valence-corrected chi connectivity index (χ1v) is 23.5. The van der Waals surface area contributed by atoms with Crippen LogP contribution >= 0.6 is 0 Å². The number of nitrogens with one attached hydrogen (secondary N) is 1. The molecule has 3 heterocycles. The molecular weight excluding hydrogens is 911 g/mol. The molecular formula is C49H76F2N2O16. The van der Waals surface area contributed by atoms with Gasteiger partial charge in [-0.3, -0.25) is 9.59 Å². The first-order valence-electron chi connectivity index (χ1n) is 23.5. The van der Waals surface area contributed by atoms with Crippen LogP contribution in [0.5, 0.6) is 0 Å². The second-order valence-electron chi connectivity index (χ2n) is 18.4. The Morgan fingerprint density at radius 3 is 1.90 bits per heavy atom. The van der Waals surface area contributed by atoms with Gasteiger partial charge in [-0.2, -0.15) is 0 Å². The number of cyclic esters (lactones) is 1. The Kier molecular flexibility index (Phi) is 25.7. The lowest BCUT2D eigenvalue weighted by Crippen LogP contribution is -2.62. The van der Waals surface area contributed by atoms with E-state index in [0.29, 0.717) is 0 Å². The van der Waals surface area contributed by atoms with Crippen LogP contribution in [0.3, 0.4) is 0 Å². The van der Waals surface area contributed by atoms with Gasteiger partial charge >= 0.3 is 5.97 Å². The molecule has 11 unspecified atom stereocenters. The molecule has 392 valence electrons. The predicted octanol–water partition coefficient (Wildman–Crippen LogP) is 1.01. The zero-order chi connectivity index (χ0) is 51.4. The number of aliphatic hydroxyl groups is 10. The van der Waals surface area contributed by atoms with Crippen LogP contribution in [-0.2, 0) is 28.5 Å². The highest BCUT2D eigenvalue weighted by Gasteiger charge is 2.51. The van der Waals surface area contributed by atoms with Gasteiger partial charge in [-0.1, -0.05) is 98.9 Å². The number of rotatable bonds is 5. The van der Waals surface area contributed by atoms with E-state index in [0.717, 1.165) is 0 Å². The Morgan fingerprint density at radius 2 is 1.30 bits per heavy atom. The molecule has 0 aromatic rings. The molecule has 3 aliphatic rings. The van der Waals surface area contributed by atoms with Crippen LogP contribution in [0.25, 0.3) is 0 Å². The molecule has 69 heavy (non-hydrogen) atoms. The summed E-state index contributed by atoms with van der Waals surface area (Å²) >= 11 is 0. The highest BCUT2D eigenvalue weighted by molar-refractivity contribution is 5.80. The molecule has 0 saturated carbocycles. The number of fused-ring (bicyclic) bond motifs is 2. The summed E-state index contributed by atoms with van der Waals surface area (Å²) in [6.07, 6.45) is -0.719. The molecule has 19 atom stereocenters. The van der Waals surface area contributed by atoms with Gasteiger partial charge in [0.05, 0.1) is 92.1 Å². The number of amides is 1. The van der Waals surface area contributed by atoms with E-state index in [-0.39, 0.29) is 31.6 Å². The minimum absolute atomic E-state index is 0.136. The molecule has 0 spiro atoms. The highest BCUT2D eigenvalue weighted by Crippen LogP contribution is 2.38. The highest BCUT2D eigenvalue weighted by atomic mass is 19.3. The van der Waals surface area contributed by atoms with Crippen molar-refractivity contribution >= 4 is 11.9 Å². The lowest BCUT2D eigenvalue weighted by molar-refractivity contribution is -0.307. The Balaban J connectivity index is 1.92. The SMILES string of the molecule is C[C@@H]1OC(=O)CC(O)CC(O)CCC(O)C(O)CC(O)CC2(O)C[C@H](O)C(C(=O)NCC(F)F)[C@H](CC(O[C@@H]3O[C@H](C)C(O)[C@H](N)C3O)/C=C/C=C/C=C/C=C/C=C/C=C/C=C/[C@H](C)C(O)[C@H]1C)O2. The fourth-order valence-electron chi connectivity index (χ4n) is 8.28. The summed E-state index contributed by atoms with van der Waals surface area (Å²) in [6, 6.07) is -1.19. The van der Waals surface area contributed by atoms with Crippen LogP contribution in [0.4, 0.5) is 8.78 Å². The van der Waals surface area contributed by atoms with Crippen molar-refractivity contribution in [3.05, 3.63) is 85.1 Å². The van der Waals surface area contributed by atoms with Crippen LogP contribution in [0.1, 0.15) is 79.1 Å². The smallest absolute Gasteiger partial charge is 0.308 e. The third-order valence-corrected chi connectivity index (χ3v) is 12.5. The molecule has 13 N–H and O–H groups in total. The van der Waals surface area contributed by atoms with Crippen molar-refractivity contribution in [3.8, 4) is 0 Å². The van der Waals surface area contributed by atoms with Crippen molar-refractivity contribution in [2.45, 2.75) is 183 Å². The first kappa shape index (κ1) is 59.7. The monoisotopic (exact) mass is 987 g/mol. The van der Waals surface area contributed by atoms with Crippen LogP contribution in [0.2, 0.25) is 0 Å². The zero-order valence-electron chi connectivity index (χ0n) is 39.7. The van der Waals surface area contributed by atoms with Gasteiger partial charge in [0.1, 0.15) is 12.2 Å². The Bertz CT molecular complexity index is 1770. The Labute approximate surface area is 402 Å². The van der Waals surface area contributed by atoms with Crippen molar-refractivity contribution in [2.24, 2.45) is 23.5 Å². The summed E-state index contributed by atoms with van der Waals surface area (Å²) in [5.74, 6) is -6.54. The summed E-state index contributed by atoms with van der Waals surface area (Å²) in [4.78, 5) is 26.0. The maximum Gasteiger partial charge on any atom is 0.308 e. The van der Waals surface area contributed by atoms with Crippen molar-refractivity contribution in [1.82, 2.24) is 5.32 Å². The molecule has 0 radical (unpaired) electrons. The van der Waals surface area contributed by atoms with Crippen molar-refractivity contribution < 1.29 is 88.4 Å². The van der Waals surface area contributed by atoms with E-state index in [1.165, 1.54) is 13.0 Å². The maximum atomic E-state index is 13.4. The number of carbonyl (C=O) groups is 2. The third-order valence-electron chi connectivity index (χ3n) is 12.5. The molecule has 18 nitrogen and oxygen atoms in total. The molecule has 20 heteroatoms. The Hall–Kier alpha value is -3.58. The number of nitrogens with two attached hydrogens (primary N) is 1. The summed E-state index contributed by atoms with van der Waals surface area (Å²) < 4.78 is 49.7. The molecule has 1 amide bonds. The number of alkyl halides is 2. The van der Waals surface area contributed by atoms with Gasteiger partial charge in [0.15, 0.2) is 12.1 Å². The predicted molar refractivity (Wildman–Crippen MR) is 248 cm³/mol. The lowest BCUT2D eigenvalue weighted by Gasteiger charge is -2.46. The molecule has 2 saturated heterocycles. The molecule has 0 aliphatic carbocycles. The average Bonchev–Trinajstić information content (AvgIpc) is 3.26. The molecule has 0 aromatic carbocycles. The summed E-state index contributed by atoms with van der Waals surface area (Å²) in [7, 11) is 0. The lowest BCUT2D eigenvalue weighted by atomic mass is 9.82. The minimum atomic E-state index is -2.95. The topological polar surface area (TPSA) is 311 Å². The fourth-order valence-corrected chi connectivity index (χ4v) is 8.28. The van der Waals surface area contributed by atoms with Crippen LogP contribution in [0, 0.1) is 17.8 Å². The summed E-state index contributed by atoms with van der Waals surface area (Å²) in [5.41, 5.74) is 6.04. The minimum Gasteiger partial charge on any atom is -0.462 e. The third kappa shape index (κ3) is 20.6. The second-order valence-corrected chi connectivity index (χ2v) is 18.4. The second kappa shape index (κ2) is 29.7. The van der Waals surface area contributed by atoms with Gasteiger partial charge in [-0.15, -0.1) is 0 Å². The number of halogens is 2. The van der Waals surface area contributed by atoms with E-state index < -0.39 is 160 Å². The summed E-state index contributed by atoms with van der Waals surface area (Å²) in [5, 5.41) is 111. The van der Waals surface area contributed by atoms with Gasteiger partial charge in [-0.05, 0) is 33.1 Å². The fraction of sp³-hybridized carbons (Fsp3) is 0.673. The van der Waals surface area contributed by atoms with E-state index in [1.807, 2.05) is 13.0 Å². The standard InChI is InChI=1S/C49H76F2N2O16/c1-28-17-15-13-11-9-7-5-6-8-10-12-14-16-18-35(68-48-46(63)43(52)45(62)31(4)67-48)24-39-42(47(64)53-27-40(50)51)38(59)26-49(65,69-39)25-34(56)22-37(58)36(57)20-19-32(54)21-33(55)23-41(60)66-30(3)29(2)44(28)61/h5-18,28-40,42-46,48,54-59,61-63,65H,19-27,52H2,1-4H3,(H,53,64)/b6-5+,9-7+,10-8+,13-11+,14-12+,17-15+,18-16+/t28-,29-,30-,31+,32?,33?,34?,35?,36?,37?,38-,39-,42?,43-,44?,45?,46?,48-,49?/m0/s1. The largest absolute Gasteiger partial charge is 0.462 e. The molecule has 2 fully saturated rings. The molecule has 0 aromatic heterocycles. The normalized spacial score (nSPS) is 43.6. The van der Waals surface area contributed by atoms with Crippen LogP contribution < -0.4 is 11.1 Å². The number of hydrogen-bond donors (Lipinski definition) is 12. The van der Waals surface area contributed by atoms with Gasteiger partial charge in [0, 0.05) is 37.5 Å². The van der Waals surface area contributed by atoms with Crippen molar-refractivity contribution in [2.75, 3.05) is 6.54 Å². The molecule has 2 bridgehead atoms. The first-order chi connectivity index (χ1) is 32.5. The number of esters is 1. The van der Waals surface area contributed by atoms with E-state index >= 15 is 0 Å². The van der Waals surface area contributed by atoms with Gasteiger partial charge < -0.3 is 81.1 Å².